The monoisotopic (exact) mass is 375 g/mol. The van der Waals surface area contributed by atoms with Crippen LogP contribution in [0.2, 0.25) is 0 Å². The van der Waals surface area contributed by atoms with Gasteiger partial charge in [0, 0.05) is 6.42 Å². The number of nitrogens with two attached hydrogens (primary N) is 1. The Morgan fingerprint density at radius 3 is 1.86 bits per heavy atom. The van der Waals surface area contributed by atoms with Gasteiger partial charge in [-0.15, -0.1) is 0 Å². The third kappa shape index (κ3) is 6.16. The summed E-state index contributed by atoms with van der Waals surface area (Å²) in [4.78, 5) is 11.0. The molecule has 0 radical (unpaired) electrons. The molecule has 2 N–H and O–H groups in total. The van der Waals surface area contributed by atoms with Crippen LogP contribution in [0.15, 0.2) is 78.9 Å². The predicted octanol–water partition coefficient (Wildman–Crippen LogP) is 4.65. The zero-order chi connectivity index (χ0) is 19.6. The van der Waals surface area contributed by atoms with E-state index in [0.29, 0.717) is 31.1 Å². The van der Waals surface area contributed by atoms with Crippen molar-refractivity contribution in [3.05, 3.63) is 95.6 Å². The van der Waals surface area contributed by atoms with Gasteiger partial charge in [-0.05, 0) is 41.7 Å². The molecule has 28 heavy (non-hydrogen) atoms. The summed E-state index contributed by atoms with van der Waals surface area (Å²) in [6, 6.07) is 26.0. The van der Waals surface area contributed by atoms with Crippen LogP contribution in [0, 0.1) is 0 Å². The first kappa shape index (κ1) is 19.5. The normalized spacial score (nSPS) is 10.4. The molecule has 0 bridgehead atoms. The highest BCUT2D eigenvalue weighted by molar-refractivity contribution is 5.73. The zero-order valence-corrected chi connectivity index (χ0v) is 15.8. The van der Waals surface area contributed by atoms with Crippen molar-refractivity contribution in [1.29, 1.82) is 0 Å². The molecule has 0 aliphatic carbocycles. The van der Waals surface area contributed by atoms with E-state index in [9.17, 15) is 4.79 Å². The molecule has 1 amide bonds. The van der Waals surface area contributed by atoms with Crippen molar-refractivity contribution in [2.75, 3.05) is 0 Å². The minimum Gasteiger partial charge on any atom is -0.485 e. The molecular weight excluding hydrogens is 350 g/mol. The summed E-state index contributed by atoms with van der Waals surface area (Å²) in [6.07, 6.45) is 1.87. The summed E-state index contributed by atoms with van der Waals surface area (Å²) < 4.78 is 12.1. The molecule has 0 heterocycles. The molecule has 0 aliphatic rings. The first-order valence-corrected chi connectivity index (χ1v) is 9.45. The Labute approximate surface area is 165 Å². The number of hydrogen-bond donors (Lipinski definition) is 1. The van der Waals surface area contributed by atoms with Crippen LogP contribution in [-0.2, 0) is 24.4 Å². The van der Waals surface area contributed by atoms with Gasteiger partial charge in [0.25, 0.3) is 0 Å². The second-order valence-corrected chi connectivity index (χ2v) is 6.65. The fourth-order valence-electron chi connectivity index (χ4n) is 2.88. The molecule has 144 valence electrons. The third-order valence-electron chi connectivity index (χ3n) is 4.37. The lowest BCUT2D eigenvalue weighted by atomic mass is 10.1. The number of carbonyl (C=O) groups is 1. The molecule has 0 atom stereocenters. The van der Waals surface area contributed by atoms with Gasteiger partial charge < -0.3 is 15.2 Å². The first-order valence-electron chi connectivity index (χ1n) is 9.45. The number of benzene rings is 3. The number of amides is 1. The molecule has 0 saturated carbocycles. The van der Waals surface area contributed by atoms with Crippen molar-refractivity contribution < 1.29 is 14.3 Å². The van der Waals surface area contributed by atoms with Crippen molar-refractivity contribution in [3.8, 4) is 11.5 Å². The zero-order valence-electron chi connectivity index (χ0n) is 15.8. The average molecular weight is 375 g/mol. The van der Waals surface area contributed by atoms with E-state index >= 15 is 0 Å². The van der Waals surface area contributed by atoms with E-state index in [1.54, 1.807) is 0 Å². The topological polar surface area (TPSA) is 61.6 Å². The highest BCUT2D eigenvalue weighted by atomic mass is 16.5. The summed E-state index contributed by atoms with van der Waals surface area (Å²) in [5.41, 5.74) is 8.52. The molecule has 0 saturated heterocycles. The molecule has 4 heteroatoms. The quantitative estimate of drug-likeness (QED) is 0.561. The summed E-state index contributed by atoms with van der Waals surface area (Å²) >= 11 is 0. The molecule has 0 spiro atoms. The van der Waals surface area contributed by atoms with Crippen LogP contribution < -0.4 is 15.2 Å². The smallest absolute Gasteiger partial charge is 0.217 e. The number of aryl methyl sites for hydroxylation is 1. The van der Waals surface area contributed by atoms with Gasteiger partial charge in [-0.3, -0.25) is 4.79 Å². The van der Waals surface area contributed by atoms with Crippen molar-refractivity contribution in [2.24, 2.45) is 5.73 Å². The van der Waals surface area contributed by atoms with Gasteiger partial charge in [0.1, 0.15) is 13.2 Å². The Morgan fingerprint density at radius 1 is 0.714 bits per heavy atom. The Kier molecular flexibility index (Phi) is 7.08. The standard InChI is InChI=1S/C24H25NO3/c25-24(26)13-7-12-19-14-15-22(27-17-20-8-3-1-4-9-20)23(16-19)28-18-21-10-5-2-6-11-21/h1-6,8-11,14-16H,7,12-13,17-18H2,(H2,25,26). The maximum absolute atomic E-state index is 11.0. The summed E-state index contributed by atoms with van der Waals surface area (Å²) in [5, 5.41) is 0. The number of rotatable bonds is 10. The highest BCUT2D eigenvalue weighted by Gasteiger charge is 2.09. The molecule has 4 nitrogen and oxygen atoms in total. The van der Waals surface area contributed by atoms with Crippen LogP contribution >= 0.6 is 0 Å². The number of carbonyl (C=O) groups excluding carboxylic acids is 1. The fraction of sp³-hybridized carbons (Fsp3) is 0.208. The van der Waals surface area contributed by atoms with Crippen LogP contribution in [0.3, 0.4) is 0 Å². The van der Waals surface area contributed by atoms with Crippen molar-refractivity contribution in [3.63, 3.8) is 0 Å². The molecule has 3 aromatic carbocycles. The summed E-state index contributed by atoms with van der Waals surface area (Å²) in [6.45, 7) is 0.941. The third-order valence-corrected chi connectivity index (χ3v) is 4.37. The Morgan fingerprint density at radius 2 is 1.29 bits per heavy atom. The lowest BCUT2D eigenvalue weighted by Crippen LogP contribution is -2.10. The number of primary amides is 1. The van der Waals surface area contributed by atoms with E-state index in [4.69, 9.17) is 15.2 Å². The van der Waals surface area contributed by atoms with Crippen LogP contribution in [0.5, 0.6) is 11.5 Å². The molecule has 0 aromatic heterocycles. The van der Waals surface area contributed by atoms with Crippen LogP contribution in [0.25, 0.3) is 0 Å². The van der Waals surface area contributed by atoms with E-state index < -0.39 is 0 Å². The van der Waals surface area contributed by atoms with E-state index in [-0.39, 0.29) is 5.91 Å². The fourth-order valence-corrected chi connectivity index (χ4v) is 2.88. The van der Waals surface area contributed by atoms with Crippen LogP contribution in [0.1, 0.15) is 29.5 Å². The van der Waals surface area contributed by atoms with E-state index in [1.807, 2.05) is 78.9 Å². The minimum atomic E-state index is -0.275. The molecule has 0 fully saturated rings. The Balaban J connectivity index is 1.71. The van der Waals surface area contributed by atoms with Gasteiger partial charge in [0.15, 0.2) is 11.5 Å². The Bertz CT molecular complexity index is 879. The SMILES string of the molecule is NC(=O)CCCc1ccc(OCc2ccccc2)c(OCc2ccccc2)c1. The second-order valence-electron chi connectivity index (χ2n) is 6.65. The summed E-state index contributed by atoms with van der Waals surface area (Å²) in [5.74, 6) is 1.14. The minimum absolute atomic E-state index is 0.275. The number of ether oxygens (including phenoxy) is 2. The van der Waals surface area contributed by atoms with Gasteiger partial charge in [-0.2, -0.15) is 0 Å². The van der Waals surface area contributed by atoms with Crippen LogP contribution in [-0.4, -0.2) is 5.91 Å². The molecule has 3 rings (SSSR count). The maximum atomic E-state index is 11.0. The average Bonchev–Trinajstić information content (AvgIpc) is 2.73. The van der Waals surface area contributed by atoms with Crippen LogP contribution in [0.4, 0.5) is 0 Å². The maximum Gasteiger partial charge on any atom is 0.217 e. The summed E-state index contributed by atoms with van der Waals surface area (Å²) in [7, 11) is 0. The number of hydrogen-bond acceptors (Lipinski definition) is 3. The van der Waals surface area contributed by atoms with Crippen molar-refractivity contribution in [2.45, 2.75) is 32.5 Å². The van der Waals surface area contributed by atoms with Gasteiger partial charge >= 0.3 is 0 Å². The highest BCUT2D eigenvalue weighted by Crippen LogP contribution is 2.30. The van der Waals surface area contributed by atoms with Gasteiger partial charge in [0.2, 0.25) is 5.91 Å². The molecule has 3 aromatic rings. The molecule has 0 aliphatic heterocycles. The lowest BCUT2D eigenvalue weighted by molar-refractivity contribution is -0.118. The molecule has 0 unspecified atom stereocenters. The Hall–Kier alpha value is -3.27. The molecular formula is C24H25NO3. The second kappa shape index (κ2) is 10.2. The van der Waals surface area contributed by atoms with Crippen molar-refractivity contribution in [1.82, 2.24) is 0 Å². The van der Waals surface area contributed by atoms with Gasteiger partial charge in [-0.25, -0.2) is 0 Å². The largest absolute Gasteiger partial charge is 0.485 e. The lowest BCUT2D eigenvalue weighted by Gasteiger charge is -2.15. The van der Waals surface area contributed by atoms with Gasteiger partial charge in [0.05, 0.1) is 0 Å². The van der Waals surface area contributed by atoms with E-state index in [0.717, 1.165) is 29.5 Å². The van der Waals surface area contributed by atoms with Gasteiger partial charge in [-0.1, -0.05) is 66.7 Å². The predicted molar refractivity (Wildman–Crippen MR) is 110 cm³/mol. The first-order chi connectivity index (χ1) is 13.7. The van der Waals surface area contributed by atoms with Crippen molar-refractivity contribution >= 4 is 5.91 Å². The van der Waals surface area contributed by atoms with E-state index in [2.05, 4.69) is 0 Å². The van der Waals surface area contributed by atoms with E-state index in [1.165, 1.54) is 0 Å².